The van der Waals surface area contributed by atoms with Gasteiger partial charge < -0.3 is 13.9 Å². The quantitative estimate of drug-likeness (QED) is 0.156. The van der Waals surface area contributed by atoms with E-state index in [-0.39, 0.29) is 40.0 Å². The fourth-order valence-corrected chi connectivity index (χ4v) is 4.02. The second-order valence-corrected chi connectivity index (χ2v) is 7.92. The Morgan fingerprint density at radius 3 is 2.65 bits per heavy atom. The number of esters is 1. The van der Waals surface area contributed by atoms with Gasteiger partial charge in [-0.3, -0.25) is 24.6 Å². The number of thioether (sulfide) groups is 1. The Morgan fingerprint density at radius 1 is 1.15 bits per heavy atom. The third-order valence-electron chi connectivity index (χ3n) is 4.80. The molecule has 2 aromatic carbocycles. The number of nitrogens with zero attached hydrogens (tertiary/aromatic N) is 2. The molecule has 3 aromatic rings. The summed E-state index contributed by atoms with van der Waals surface area (Å²) in [5, 5.41) is 10.7. The fourth-order valence-electron chi connectivity index (χ4n) is 3.18. The van der Waals surface area contributed by atoms with Gasteiger partial charge in [0.1, 0.15) is 0 Å². The Balaban J connectivity index is 1.54. The van der Waals surface area contributed by atoms with Gasteiger partial charge in [-0.25, -0.2) is 4.79 Å². The van der Waals surface area contributed by atoms with Crippen LogP contribution in [-0.2, 0) is 11.3 Å². The molecule has 10 nitrogen and oxygen atoms in total. The molecule has 4 rings (SSSR count). The highest BCUT2D eigenvalue weighted by molar-refractivity contribution is 8.18. The molecule has 1 aliphatic heterocycles. The summed E-state index contributed by atoms with van der Waals surface area (Å²) < 4.78 is 15.6. The van der Waals surface area contributed by atoms with Crippen LogP contribution in [0.5, 0.6) is 11.5 Å². The molecule has 0 aliphatic carbocycles. The number of nitro benzene ring substituents is 1. The molecular formula is C23H16N2O8S. The summed E-state index contributed by atoms with van der Waals surface area (Å²) in [6.07, 6.45) is 2.84. The first kappa shape index (κ1) is 22.8. The Labute approximate surface area is 196 Å². The molecule has 0 spiro atoms. The molecular weight excluding hydrogens is 464 g/mol. The summed E-state index contributed by atoms with van der Waals surface area (Å²) >= 11 is 0.727. The van der Waals surface area contributed by atoms with Crippen LogP contribution in [0, 0.1) is 10.1 Å². The summed E-state index contributed by atoms with van der Waals surface area (Å²) in [4.78, 5) is 49.2. The van der Waals surface area contributed by atoms with E-state index in [1.165, 1.54) is 49.8 Å². The summed E-state index contributed by atoms with van der Waals surface area (Å²) in [5.74, 6) is -0.871. The Kier molecular flexibility index (Phi) is 6.46. The predicted molar refractivity (Wildman–Crippen MR) is 121 cm³/mol. The number of para-hydroxylation sites is 1. The molecule has 34 heavy (non-hydrogen) atoms. The van der Waals surface area contributed by atoms with Crippen molar-refractivity contribution in [2.24, 2.45) is 0 Å². The lowest BCUT2D eigenvalue weighted by molar-refractivity contribution is -0.385. The van der Waals surface area contributed by atoms with E-state index in [9.17, 15) is 24.5 Å². The zero-order valence-corrected chi connectivity index (χ0v) is 18.4. The molecule has 1 aromatic heterocycles. The highest BCUT2D eigenvalue weighted by Crippen LogP contribution is 2.36. The molecule has 0 saturated carbocycles. The van der Waals surface area contributed by atoms with Gasteiger partial charge in [-0.05, 0) is 47.7 Å². The number of amides is 2. The van der Waals surface area contributed by atoms with Crippen LogP contribution in [0.3, 0.4) is 0 Å². The van der Waals surface area contributed by atoms with Crippen molar-refractivity contribution in [2.75, 3.05) is 7.11 Å². The second kappa shape index (κ2) is 9.63. The van der Waals surface area contributed by atoms with E-state index in [1.54, 1.807) is 24.3 Å². The summed E-state index contributed by atoms with van der Waals surface area (Å²) in [7, 11) is 1.39. The molecule has 0 unspecified atom stereocenters. The van der Waals surface area contributed by atoms with Gasteiger partial charge in [0.05, 0.1) is 29.7 Å². The highest BCUT2D eigenvalue weighted by atomic mass is 32.2. The zero-order chi connectivity index (χ0) is 24.2. The number of benzene rings is 2. The molecule has 0 N–H and O–H groups in total. The van der Waals surface area contributed by atoms with Crippen molar-refractivity contribution in [1.29, 1.82) is 0 Å². The largest absolute Gasteiger partial charge is 0.493 e. The standard InChI is InChI=1S/C23H16N2O8S/c1-31-19-11-14(8-9-17(19)33-22(27)18-7-4-10-32-18)12-20-21(26)24(23(28)34-20)13-15-5-2-3-6-16(15)25(29)30/h2-12H,13H2,1H3/b20-12-. The average Bonchev–Trinajstić information content (AvgIpc) is 3.45. The van der Waals surface area contributed by atoms with Gasteiger partial charge in [0, 0.05) is 11.6 Å². The van der Waals surface area contributed by atoms with Gasteiger partial charge in [-0.2, -0.15) is 0 Å². The lowest BCUT2D eigenvalue weighted by Crippen LogP contribution is -2.27. The van der Waals surface area contributed by atoms with Crippen molar-refractivity contribution in [2.45, 2.75) is 6.54 Å². The number of furan rings is 1. The minimum Gasteiger partial charge on any atom is -0.493 e. The van der Waals surface area contributed by atoms with Crippen LogP contribution in [0.15, 0.2) is 70.2 Å². The first-order valence-corrected chi connectivity index (χ1v) is 10.6. The second-order valence-electron chi connectivity index (χ2n) is 6.93. The van der Waals surface area contributed by atoms with Crippen molar-refractivity contribution in [3.05, 3.63) is 92.8 Å². The predicted octanol–water partition coefficient (Wildman–Crippen LogP) is 4.65. The number of rotatable bonds is 7. The van der Waals surface area contributed by atoms with Gasteiger partial charge >= 0.3 is 5.97 Å². The van der Waals surface area contributed by atoms with Gasteiger partial charge in [-0.1, -0.05) is 24.3 Å². The van der Waals surface area contributed by atoms with Crippen molar-refractivity contribution >= 4 is 40.6 Å². The Hall–Kier alpha value is -4.38. The molecule has 0 bridgehead atoms. The number of carbonyl (C=O) groups is 3. The first-order chi connectivity index (χ1) is 16.4. The Morgan fingerprint density at radius 2 is 1.94 bits per heavy atom. The van der Waals surface area contributed by atoms with Gasteiger partial charge in [0.25, 0.3) is 16.8 Å². The molecule has 11 heteroatoms. The van der Waals surface area contributed by atoms with Crippen molar-refractivity contribution in [1.82, 2.24) is 4.90 Å². The monoisotopic (exact) mass is 480 g/mol. The first-order valence-electron chi connectivity index (χ1n) is 9.78. The van der Waals surface area contributed by atoms with E-state index in [2.05, 4.69) is 0 Å². The van der Waals surface area contributed by atoms with Crippen LogP contribution in [0.1, 0.15) is 21.7 Å². The van der Waals surface area contributed by atoms with E-state index in [4.69, 9.17) is 13.9 Å². The van der Waals surface area contributed by atoms with E-state index < -0.39 is 22.0 Å². The summed E-state index contributed by atoms with van der Waals surface area (Å²) in [5.41, 5.74) is 0.598. The SMILES string of the molecule is COc1cc(/C=C2\SC(=O)N(Cc3ccccc3[N+](=O)[O-])C2=O)ccc1OC(=O)c1ccco1. The topological polar surface area (TPSA) is 129 Å². The third-order valence-corrected chi connectivity index (χ3v) is 5.71. The number of nitro groups is 1. The number of hydrogen-bond donors (Lipinski definition) is 0. The maximum Gasteiger partial charge on any atom is 0.379 e. The number of hydrogen-bond acceptors (Lipinski definition) is 9. The maximum absolute atomic E-state index is 12.8. The molecule has 1 saturated heterocycles. The van der Waals surface area contributed by atoms with E-state index in [0.29, 0.717) is 5.56 Å². The summed E-state index contributed by atoms with van der Waals surface area (Å²) in [6, 6.07) is 13.6. The normalized spacial score (nSPS) is 14.5. The molecule has 1 aliphatic rings. The van der Waals surface area contributed by atoms with Crippen LogP contribution in [-0.4, -0.2) is 34.0 Å². The van der Waals surface area contributed by atoms with Crippen LogP contribution in [0.2, 0.25) is 0 Å². The lowest BCUT2D eigenvalue weighted by Gasteiger charge is -2.12. The molecule has 2 amide bonds. The van der Waals surface area contributed by atoms with Gasteiger partial charge in [-0.15, -0.1) is 0 Å². The zero-order valence-electron chi connectivity index (χ0n) is 17.6. The molecule has 1 fully saturated rings. The van der Waals surface area contributed by atoms with Gasteiger partial charge in [0.2, 0.25) is 5.76 Å². The van der Waals surface area contributed by atoms with Crippen molar-refractivity contribution in [3.63, 3.8) is 0 Å². The smallest absolute Gasteiger partial charge is 0.379 e. The minimum absolute atomic E-state index is 0.0263. The number of carbonyl (C=O) groups excluding carboxylic acids is 3. The number of ether oxygens (including phenoxy) is 2. The fraction of sp³-hybridized carbons (Fsp3) is 0.0870. The number of imide groups is 1. The van der Waals surface area contributed by atoms with Crippen molar-refractivity contribution < 1.29 is 33.2 Å². The van der Waals surface area contributed by atoms with E-state index >= 15 is 0 Å². The van der Waals surface area contributed by atoms with E-state index in [0.717, 1.165) is 16.7 Å². The van der Waals surface area contributed by atoms with E-state index in [1.807, 2.05) is 0 Å². The lowest BCUT2D eigenvalue weighted by atomic mass is 10.1. The highest BCUT2D eigenvalue weighted by Gasteiger charge is 2.36. The van der Waals surface area contributed by atoms with Crippen LogP contribution in [0.25, 0.3) is 6.08 Å². The van der Waals surface area contributed by atoms with Gasteiger partial charge in [0.15, 0.2) is 11.5 Å². The minimum atomic E-state index is -0.702. The summed E-state index contributed by atoms with van der Waals surface area (Å²) in [6.45, 7) is -0.218. The van der Waals surface area contributed by atoms with Crippen molar-refractivity contribution in [3.8, 4) is 11.5 Å². The van der Waals surface area contributed by atoms with Crippen LogP contribution in [0.4, 0.5) is 10.5 Å². The molecule has 0 atom stereocenters. The van der Waals surface area contributed by atoms with Crippen LogP contribution >= 0.6 is 11.8 Å². The average molecular weight is 480 g/mol. The Bertz CT molecular complexity index is 1320. The third kappa shape index (κ3) is 4.69. The maximum atomic E-state index is 12.8. The molecule has 2 heterocycles. The van der Waals surface area contributed by atoms with Crippen LogP contribution < -0.4 is 9.47 Å². The molecule has 172 valence electrons. The number of methoxy groups -OCH3 is 1. The molecule has 0 radical (unpaired) electrons.